The molecule has 1 unspecified atom stereocenters. The molecule has 0 radical (unpaired) electrons. The van der Waals surface area contributed by atoms with E-state index in [1.165, 1.54) is 0 Å². The van der Waals surface area contributed by atoms with Crippen molar-refractivity contribution in [2.75, 3.05) is 11.9 Å². The Hall–Kier alpha value is -1.16. The van der Waals surface area contributed by atoms with Gasteiger partial charge < -0.3 is 10.4 Å². The Morgan fingerprint density at radius 1 is 1.50 bits per heavy atom. The van der Waals surface area contributed by atoms with Gasteiger partial charge in [0.1, 0.15) is 5.82 Å². The van der Waals surface area contributed by atoms with Crippen LogP contribution in [0.2, 0.25) is 0 Å². The Kier molecular flexibility index (Phi) is 3.41. The lowest BCUT2D eigenvalue weighted by atomic mass is 10.0. The number of hydrogen-bond acceptors (Lipinski definition) is 4. The van der Waals surface area contributed by atoms with Crippen molar-refractivity contribution in [2.24, 2.45) is 0 Å². The molecule has 0 aliphatic heterocycles. The van der Waals surface area contributed by atoms with Crippen molar-refractivity contribution in [3.63, 3.8) is 0 Å². The molecule has 4 heteroatoms. The van der Waals surface area contributed by atoms with Crippen molar-refractivity contribution < 1.29 is 5.11 Å². The molecule has 14 heavy (non-hydrogen) atoms. The highest BCUT2D eigenvalue weighted by atomic mass is 16.3. The SMILES string of the molecule is CCC(C)(O)CNc1cncc(C)n1. The summed E-state index contributed by atoms with van der Waals surface area (Å²) in [6.45, 7) is 6.12. The molecule has 1 aromatic heterocycles. The number of nitrogens with zero attached hydrogens (tertiary/aromatic N) is 2. The molecule has 0 amide bonds. The molecular weight excluding hydrogens is 178 g/mol. The third-order valence-electron chi connectivity index (χ3n) is 2.17. The third kappa shape index (κ3) is 3.30. The van der Waals surface area contributed by atoms with Gasteiger partial charge in [-0.3, -0.25) is 4.98 Å². The summed E-state index contributed by atoms with van der Waals surface area (Å²) in [7, 11) is 0. The highest BCUT2D eigenvalue weighted by molar-refractivity contribution is 5.31. The van der Waals surface area contributed by atoms with E-state index in [4.69, 9.17) is 0 Å². The maximum Gasteiger partial charge on any atom is 0.144 e. The first-order valence-electron chi connectivity index (χ1n) is 4.78. The number of nitrogens with one attached hydrogen (secondary N) is 1. The Morgan fingerprint density at radius 3 is 2.79 bits per heavy atom. The molecule has 0 spiro atoms. The molecule has 1 atom stereocenters. The summed E-state index contributed by atoms with van der Waals surface area (Å²) < 4.78 is 0. The molecule has 0 aliphatic carbocycles. The lowest BCUT2D eigenvalue weighted by Crippen LogP contribution is -2.32. The molecule has 0 aromatic carbocycles. The third-order valence-corrected chi connectivity index (χ3v) is 2.17. The van der Waals surface area contributed by atoms with Gasteiger partial charge >= 0.3 is 0 Å². The van der Waals surface area contributed by atoms with Crippen LogP contribution >= 0.6 is 0 Å². The number of aromatic nitrogens is 2. The Balaban J connectivity index is 2.54. The maximum absolute atomic E-state index is 9.74. The fourth-order valence-electron chi connectivity index (χ4n) is 0.955. The van der Waals surface area contributed by atoms with Gasteiger partial charge in [0.05, 0.1) is 17.5 Å². The molecule has 1 heterocycles. The van der Waals surface area contributed by atoms with Crippen molar-refractivity contribution in [1.82, 2.24) is 9.97 Å². The smallest absolute Gasteiger partial charge is 0.144 e. The van der Waals surface area contributed by atoms with E-state index in [2.05, 4.69) is 15.3 Å². The summed E-state index contributed by atoms with van der Waals surface area (Å²) in [6, 6.07) is 0. The fraction of sp³-hybridized carbons (Fsp3) is 0.600. The minimum atomic E-state index is -0.689. The molecule has 1 aromatic rings. The molecule has 78 valence electrons. The van der Waals surface area contributed by atoms with Gasteiger partial charge in [-0.15, -0.1) is 0 Å². The summed E-state index contributed by atoms with van der Waals surface area (Å²) in [4.78, 5) is 8.23. The minimum Gasteiger partial charge on any atom is -0.388 e. The summed E-state index contributed by atoms with van der Waals surface area (Å²) in [6.07, 6.45) is 4.06. The molecule has 1 rings (SSSR count). The first-order valence-corrected chi connectivity index (χ1v) is 4.78. The number of rotatable bonds is 4. The average Bonchev–Trinajstić information content (AvgIpc) is 2.15. The van der Waals surface area contributed by atoms with Gasteiger partial charge in [-0.2, -0.15) is 0 Å². The molecule has 0 aliphatic rings. The average molecular weight is 195 g/mol. The van der Waals surface area contributed by atoms with Gasteiger partial charge in [0.2, 0.25) is 0 Å². The van der Waals surface area contributed by atoms with Crippen LogP contribution in [0.15, 0.2) is 12.4 Å². The lowest BCUT2D eigenvalue weighted by molar-refractivity contribution is 0.0696. The first-order chi connectivity index (χ1) is 6.53. The number of aliphatic hydroxyl groups is 1. The first kappa shape index (κ1) is 10.9. The molecule has 0 fully saturated rings. The second kappa shape index (κ2) is 4.37. The van der Waals surface area contributed by atoms with E-state index in [0.29, 0.717) is 18.8 Å². The van der Waals surface area contributed by atoms with Crippen molar-refractivity contribution in [3.05, 3.63) is 18.1 Å². The molecule has 2 N–H and O–H groups in total. The van der Waals surface area contributed by atoms with Crippen LogP contribution in [0.25, 0.3) is 0 Å². The quantitative estimate of drug-likeness (QED) is 0.761. The highest BCUT2D eigenvalue weighted by Crippen LogP contribution is 2.09. The van der Waals surface area contributed by atoms with E-state index in [9.17, 15) is 5.11 Å². The normalized spacial score (nSPS) is 14.9. The largest absolute Gasteiger partial charge is 0.388 e. The number of anilines is 1. The predicted molar refractivity (Wildman–Crippen MR) is 56.2 cm³/mol. The van der Waals surface area contributed by atoms with E-state index >= 15 is 0 Å². The molecule has 0 saturated carbocycles. The lowest BCUT2D eigenvalue weighted by Gasteiger charge is -2.21. The van der Waals surface area contributed by atoms with Crippen LogP contribution < -0.4 is 5.32 Å². The zero-order valence-corrected chi connectivity index (χ0v) is 8.91. The molecule has 0 saturated heterocycles. The van der Waals surface area contributed by atoms with E-state index in [-0.39, 0.29) is 0 Å². The minimum absolute atomic E-state index is 0.488. The van der Waals surface area contributed by atoms with Gasteiger partial charge in [0, 0.05) is 12.7 Å². The van der Waals surface area contributed by atoms with E-state index in [1.807, 2.05) is 13.8 Å². The topological polar surface area (TPSA) is 58.0 Å². The van der Waals surface area contributed by atoms with Crippen molar-refractivity contribution in [1.29, 1.82) is 0 Å². The standard InChI is InChI=1S/C10H17N3O/c1-4-10(3,14)7-12-9-6-11-5-8(2)13-9/h5-6,14H,4,7H2,1-3H3,(H,12,13). The zero-order chi connectivity index (χ0) is 10.6. The van der Waals surface area contributed by atoms with Gasteiger partial charge in [0.25, 0.3) is 0 Å². The second-order valence-electron chi connectivity index (χ2n) is 3.75. The van der Waals surface area contributed by atoms with Crippen molar-refractivity contribution in [2.45, 2.75) is 32.8 Å². The summed E-state index contributed by atoms with van der Waals surface area (Å²) in [5.41, 5.74) is 0.178. The van der Waals surface area contributed by atoms with E-state index < -0.39 is 5.60 Å². The molecular formula is C10H17N3O. The van der Waals surface area contributed by atoms with E-state index in [1.54, 1.807) is 19.3 Å². The van der Waals surface area contributed by atoms with Gasteiger partial charge in [0.15, 0.2) is 0 Å². The van der Waals surface area contributed by atoms with Crippen LogP contribution in [0.3, 0.4) is 0 Å². The highest BCUT2D eigenvalue weighted by Gasteiger charge is 2.16. The predicted octanol–water partition coefficient (Wildman–Crippen LogP) is 1.36. The summed E-state index contributed by atoms with van der Waals surface area (Å²) in [5, 5.41) is 12.8. The van der Waals surface area contributed by atoms with Crippen LogP contribution in [0.5, 0.6) is 0 Å². The zero-order valence-electron chi connectivity index (χ0n) is 8.91. The van der Waals surface area contributed by atoms with Gasteiger partial charge in [-0.25, -0.2) is 4.98 Å². The van der Waals surface area contributed by atoms with Crippen LogP contribution in [0.4, 0.5) is 5.82 Å². The molecule has 4 nitrogen and oxygen atoms in total. The fourth-order valence-corrected chi connectivity index (χ4v) is 0.955. The van der Waals surface area contributed by atoms with Crippen LogP contribution in [0, 0.1) is 6.92 Å². The Labute approximate surface area is 84.4 Å². The van der Waals surface area contributed by atoms with Gasteiger partial charge in [-0.05, 0) is 20.3 Å². The van der Waals surface area contributed by atoms with Crippen LogP contribution in [-0.2, 0) is 0 Å². The number of aryl methyl sites for hydroxylation is 1. The second-order valence-corrected chi connectivity index (χ2v) is 3.75. The Morgan fingerprint density at radius 2 is 2.21 bits per heavy atom. The summed E-state index contributed by atoms with van der Waals surface area (Å²) in [5.74, 6) is 0.707. The molecule has 0 bridgehead atoms. The van der Waals surface area contributed by atoms with Crippen molar-refractivity contribution in [3.8, 4) is 0 Å². The van der Waals surface area contributed by atoms with Crippen LogP contribution in [0.1, 0.15) is 26.0 Å². The van der Waals surface area contributed by atoms with E-state index in [0.717, 1.165) is 5.69 Å². The van der Waals surface area contributed by atoms with Crippen LogP contribution in [-0.4, -0.2) is 27.2 Å². The Bertz CT molecular complexity index is 299. The summed E-state index contributed by atoms with van der Waals surface area (Å²) >= 11 is 0. The monoisotopic (exact) mass is 195 g/mol. The maximum atomic E-state index is 9.74. The van der Waals surface area contributed by atoms with Gasteiger partial charge in [-0.1, -0.05) is 6.92 Å². The van der Waals surface area contributed by atoms with Crippen molar-refractivity contribution >= 4 is 5.82 Å². The number of hydrogen-bond donors (Lipinski definition) is 2.